The Morgan fingerprint density at radius 2 is 1.58 bits per heavy atom. The maximum Gasteiger partial charge on any atom is 0.362 e. The summed E-state index contributed by atoms with van der Waals surface area (Å²) in [5.74, 6) is -1.84. The molecular weight excluding hydrogens is 164 g/mol. The molecule has 0 bridgehead atoms. The monoisotopic (exact) mass is 174 g/mol. The number of carbonyl (C=O) groups excluding carboxylic acids is 3. The summed E-state index contributed by atoms with van der Waals surface area (Å²) in [5, 5.41) is 0. The van der Waals surface area contributed by atoms with Gasteiger partial charge in [-0.2, -0.15) is 0 Å². The van der Waals surface area contributed by atoms with Crippen LogP contribution in [0.2, 0.25) is 0 Å². The van der Waals surface area contributed by atoms with Crippen LogP contribution in [-0.4, -0.2) is 17.7 Å². The van der Waals surface area contributed by atoms with E-state index in [1.54, 1.807) is 6.92 Å². The van der Waals surface area contributed by atoms with Gasteiger partial charge in [0.15, 0.2) is 0 Å². The molecule has 0 aromatic carbocycles. The van der Waals surface area contributed by atoms with Crippen LogP contribution in [0.4, 0.5) is 0 Å². The summed E-state index contributed by atoms with van der Waals surface area (Å²) < 4.78 is 0. The molecule has 12 heavy (non-hydrogen) atoms. The van der Waals surface area contributed by atoms with Gasteiger partial charge in [0.2, 0.25) is 0 Å². The first kappa shape index (κ1) is 10.6. The number of Topliss-reactive ketones (excluding diaryl/α,β-unsaturated/α-hetero) is 1. The van der Waals surface area contributed by atoms with Crippen LogP contribution in [0.5, 0.6) is 0 Å². The minimum absolute atomic E-state index is 0.118. The molecule has 0 unspecified atom stereocenters. The van der Waals surface area contributed by atoms with Crippen molar-refractivity contribution < 1.29 is 24.2 Å². The van der Waals surface area contributed by atoms with Crippen LogP contribution in [-0.2, 0) is 24.2 Å². The summed E-state index contributed by atoms with van der Waals surface area (Å²) in [6.07, 6.45) is -0.260. The van der Waals surface area contributed by atoms with Crippen molar-refractivity contribution in [3.63, 3.8) is 0 Å². The van der Waals surface area contributed by atoms with E-state index in [9.17, 15) is 14.4 Å². The fourth-order valence-corrected chi connectivity index (χ4v) is 0.385. The Morgan fingerprint density at radius 1 is 1.08 bits per heavy atom. The first-order valence-corrected chi connectivity index (χ1v) is 3.46. The second-order valence-corrected chi connectivity index (χ2v) is 2.14. The van der Waals surface area contributed by atoms with Gasteiger partial charge >= 0.3 is 11.9 Å². The molecule has 0 saturated carbocycles. The standard InChI is InChI=1S/C7H10O5/c1-3-6(9)11-12-7(10)4-5(2)8/h3-4H2,1-2H3. The smallest absolute Gasteiger partial charge is 0.299 e. The zero-order valence-electron chi connectivity index (χ0n) is 6.96. The Kier molecular flexibility index (Phi) is 4.67. The zero-order chi connectivity index (χ0) is 9.56. The van der Waals surface area contributed by atoms with Crippen LogP contribution in [0.25, 0.3) is 0 Å². The van der Waals surface area contributed by atoms with Crippen molar-refractivity contribution >= 4 is 17.7 Å². The van der Waals surface area contributed by atoms with Crippen molar-refractivity contribution in [3.05, 3.63) is 0 Å². The van der Waals surface area contributed by atoms with Gasteiger partial charge in [0, 0.05) is 6.42 Å². The SMILES string of the molecule is CCC(=O)OOC(=O)CC(C)=O. The van der Waals surface area contributed by atoms with Crippen molar-refractivity contribution in [2.45, 2.75) is 26.7 Å². The first-order chi connectivity index (χ1) is 5.56. The highest BCUT2D eigenvalue weighted by atomic mass is 17.2. The molecule has 0 atom stereocenters. The van der Waals surface area contributed by atoms with Crippen LogP contribution >= 0.6 is 0 Å². The van der Waals surface area contributed by atoms with Crippen molar-refractivity contribution in [2.24, 2.45) is 0 Å². The molecule has 0 aromatic heterocycles. The largest absolute Gasteiger partial charge is 0.362 e. The lowest BCUT2D eigenvalue weighted by Gasteiger charge is -1.99. The van der Waals surface area contributed by atoms with Crippen LogP contribution < -0.4 is 0 Å². The normalized spacial score (nSPS) is 8.83. The molecule has 5 nitrogen and oxygen atoms in total. The fourth-order valence-electron chi connectivity index (χ4n) is 0.385. The lowest BCUT2D eigenvalue weighted by molar-refractivity contribution is -0.258. The second-order valence-electron chi connectivity index (χ2n) is 2.14. The molecule has 0 aliphatic carbocycles. The Labute approximate surface area is 69.6 Å². The Balaban J connectivity index is 3.57. The molecule has 0 heterocycles. The number of carbonyl (C=O) groups is 3. The number of rotatable bonds is 3. The van der Waals surface area contributed by atoms with E-state index in [0.29, 0.717) is 0 Å². The van der Waals surface area contributed by atoms with Gasteiger partial charge in [0.05, 0.1) is 0 Å². The maximum atomic E-state index is 10.6. The minimum atomic E-state index is -0.857. The molecule has 0 radical (unpaired) electrons. The maximum absolute atomic E-state index is 10.6. The lowest BCUT2D eigenvalue weighted by Crippen LogP contribution is -2.12. The summed E-state index contributed by atoms with van der Waals surface area (Å²) in [5.41, 5.74) is 0. The Morgan fingerprint density at radius 3 is 2.00 bits per heavy atom. The molecule has 0 rings (SSSR count). The van der Waals surface area contributed by atoms with Gasteiger partial charge in [0.25, 0.3) is 0 Å². The average molecular weight is 174 g/mol. The third kappa shape index (κ3) is 5.40. The highest BCUT2D eigenvalue weighted by Gasteiger charge is 2.09. The molecule has 0 spiro atoms. The summed E-state index contributed by atoms with van der Waals surface area (Å²) in [6.45, 7) is 2.80. The lowest BCUT2D eigenvalue weighted by atomic mass is 10.3. The van der Waals surface area contributed by atoms with Crippen LogP contribution in [0.15, 0.2) is 0 Å². The quantitative estimate of drug-likeness (QED) is 0.351. The van der Waals surface area contributed by atoms with Gasteiger partial charge in [-0.05, 0) is 6.92 Å². The van der Waals surface area contributed by atoms with Gasteiger partial charge in [-0.1, -0.05) is 6.92 Å². The highest BCUT2D eigenvalue weighted by molar-refractivity contribution is 5.94. The van der Waals surface area contributed by atoms with E-state index in [-0.39, 0.29) is 18.6 Å². The van der Waals surface area contributed by atoms with E-state index in [4.69, 9.17) is 0 Å². The first-order valence-electron chi connectivity index (χ1n) is 3.46. The van der Waals surface area contributed by atoms with Crippen molar-refractivity contribution in [1.82, 2.24) is 0 Å². The van der Waals surface area contributed by atoms with E-state index < -0.39 is 11.9 Å². The van der Waals surface area contributed by atoms with Crippen LogP contribution in [0.3, 0.4) is 0 Å². The van der Waals surface area contributed by atoms with Gasteiger partial charge in [0.1, 0.15) is 12.2 Å². The van der Waals surface area contributed by atoms with Gasteiger partial charge in [-0.3, -0.25) is 4.79 Å². The zero-order valence-corrected chi connectivity index (χ0v) is 6.96. The van der Waals surface area contributed by atoms with Gasteiger partial charge < -0.3 is 0 Å². The van der Waals surface area contributed by atoms with Crippen molar-refractivity contribution in [1.29, 1.82) is 0 Å². The molecule has 68 valence electrons. The predicted octanol–water partition coefficient (Wildman–Crippen LogP) is 0.377. The second kappa shape index (κ2) is 5.29. The molecule has 0 amide bonds. The third-order valence-electron chi connectivity index (χ3n) is 0.910. The molecule has 5 heteroatoms. The summed E-state index contributed by atoms with van der Waals surface area (Å²) >= 11 is 0. The number of hydrogen-bond acceptors (Lipinski definition) is 5. The molecule has 0 aliphatic heterocycles. The number of ketones is 1. The fraction of sp³-hybridized carbons (Fsp3) is 0.571. The van der Waals surface area contributed by atoms with Crippen molar-refractivity contribution in [2.75, 3.05) is 0 Å². The topological polar surface area (TPSA) is 69.7 Å². The minimum Gasteiger partial charge on any atom is -0.299 e. The van der Waals surface area contributed by atoms with E-state index in [1.165, 1.54) is 6.92 Å². The third-order valence-corrected chi connectivity index (χ3v) is 0.910. The molecule has 0 N–H and O–H groups in total. The summed E-state index contributed by atoms with van der Waals surface area (Å²) in [7, 11) is 0. The van der Waals surface area contributed by atoms with Crippen LogP contribution in [0, 0.1) is 0 Å². The Hall–Kier alpha value is -1.39. The van der Waals surface area contributed by atoms with Crippen molar-refractivity contribution in [3.8, 4) is 0 Å². The highest BCUT2D eigenvalue weighted by Crippen LogP contribution is 1.91. The number of hydrogen-bond donors (Lipinski definition) is 0. The predicted molar refractivity (Wildman–Crippen MR) is 37.8 cm³/mol. The van der Waals surface area contributed by atoms with E-state index >= 15 is 0 Å². The Bertz CT molecular complexity index is 196. The van der Waals surface area contributed by atoms with E-state index in [0.717, 1.165) is 0 Å². The summed E-state index contributed by atoms with van der Waals surface area (Å²) in [6, 6.07) is 0. The molecular formula is C7H10O5. The molecule has 0 aliphatic rings. The summed E-state index contributed by atoms with van der Waals surface area (Å²) in [4.78, 5) is 39.3. The van der Waals surface area contributed by atoms with Gasteiger partial charge in [-0.25, -0.2) is 19.4 Å². The molecule has 0 fully saturated rings. The van der Waals surface area contributed by atoms with Crippen LogP contribution in [0.1, 0.15) is 26.7 Å². The average Bonchev–Trinajstić information content (AvgIpc) is 1.99. The van der Waals surface area contributed by atoms with Gasteiger partial charge in [-0.15, -0.1) is 0 Å². The molecule has 0 saturated heterocycles. The van der Waals surface area contributed by atoms with E-state index in [1.807, 2.05) is 0 Å². The molecule has 0 aromatic rings. The van der Waals surface area contributed by atoms with E-state index in [2.05, 4.69) is 9.78 Å².